The zero-order chi connectivity index (χ0) is 36.3. The Bertz CT molecular complexity index is 3250. The van der Waals surface area contributed by atoms with Crippen LogP contribution in [0.2, 0.25) is 0 Å². The summed E-state index contributed by atoms with van der Waals surface area (Å²) in [5, 5.41) is 9.30. The second kappa shape index (κ2) is 12.6. The van der Waals surface area contributed by atoms with Crippen LogP contribution in [0.25, 0.3) is 110 Å². The van der Waals surface area contributed by atoms with Crippen LogP contribution in [0.3, 0.4) is 0 Å². The molecule has 0 atom stereocenters. The van der Waals surface area contributed by atoms with Gasteiger partial charge in [0.15, 0.2) is 5.82 Å². The number of nitrogens with zero attached hydrogens (tertiary/aromatic N) is 2. The largest absolute Gasteiger partial charge is 0.456 e. The molecule has 3 heteroatoms. The third-order valence-electron chi connectivity index (χ3n) is 10.9. The predicted octanol–water partition coefficient (Wildman–Crippen LogP) is 14.2. The molecule has 0 unspecified atom stereocenters. The van der Waals surface area contributed by atoms with E-state index in [2.05, 4.69) is 182 Å². The van der Waals surface area contributed by atoms with Crippen molar-refractivity contribution in [3.63, 3.8) is 0 Å². The van der Waals surface area contributed by atoms with Crippen molar-refractivity contribution in [2.75, 3.05) is 0 Å². The molecule has 11 rings (SSSR count). The van der Waals surface area contributed by atoms with Crippen molar-refractivity contribution < 1.29 is 4.42 Å². The second-order valence-corrected chi connectivity index (χ2v) is 14.1. The molecule has 0 spiro atoms. The molecule has 3 nitrogen and oxygen atoms in total. The van der Waals surface area contributed by atoms with Crippen molar-refractivity contribution in [1.29, 1.82) is 0 Å². The van der Waals surface area contributed by atoms with Crippen LogP contribution >= 0.6 is 0 Å². The topological polar surface area (TPSA) is 38.9 Å². The van der Waals surface area contributed by atoms with E-state index in [0.717, 1.165) is 88.4 Å². The third-order valence-corrected chi connectivity index (χ3v) is 10.9. The molecule has 0 bridgehead atoms. The van der Waals surface area contributed by atoms with Gasteiger partial charge in [-0.3, -0.25) is 0 Å². The summed E-state index contributed by atoms with van der Waals surface area (Å²) in [6, 6.07) is 68.6. The van der Waals surface area contributed by atoms with Gasteiger partial charge in [-0.05, 0) is 84.9 Å². The van der Waals surface area contributed by atoms with Gasteiger partial charge in [-0.1, -0.05) is 164 Å². The van der Waals surface area contributed by atoms with E-state index in [1.54, 1.807) is 0 Å². The average molecular weight is 701 g/mol. The Labute approximate surface area is 317 Å². The molecule has 0 amide bonds. The fourth-order valence-electron chi connectivity index (χ4n) is 8.22. The van der Waals surface area contributed by atoms with E-state index in [4.69, 9.17) is 14.4 Å². The van der Waals surface area contributed by atoms with E-state index in [0.29, 0.717) is 5.82 Å². The minimum atomic E-state index is 0.701. The summed E-state index contributed by atoms with van der Waals surface area (Å²) >= 11 is 0. The van der Waals surface area contributed by atoms with Crippen LogP contribution in [0.1, 0.15) is 0 Å². The van der Waals surface area contributed by atoms with Gasteiger partial charge in [0.25, 0.3) is 0 Å². The Kier molecular flexibility index (Phi) is 7.17. The van der Waals surface area contributed by atoms with Crippen LogP contribution in [0.4, 0.5) is 0 Å². The molecule has 0 aliphatic heterocycles. The standard InChI is InChI=1S/C52H32N2O/c1-2-12-34(13-3-1)39-16-8-9-19-42(39)48-32-47(36-24-22-33(23-25-36)37-27-28-44-43-20-10-11-21-49(43)55-50(44)31-37)53-52(54-48)51-41-18-7-5-15-38(41)30-46-40-17-6-4-14-35(40)26-29-45(46)51/h1-32H. The molecule has 0 radical (unpaired) electrons. The molecule has 256 valence electrons. The van der Waals surface area contributed by atoms with Gasteiger partial charge in [0, 0.05) is 27.5 Å². The van der Waals surface area contributed by atoms with Crippen LogP contribution in [-0.4, -0.2) is 9.97 Å². The van der Waals surface area contributed by atoms with Gasteiger partial charge in [-0.15, -0.1) is 0 Å². The monoisotopic (exact) mass is 700 g/mol. The Morgan fingerprint density at radius 2 is 0.927 bits per heavy atom. The summed E-state index contributed by atoms with van der Waals surface area (Å²) in [5.41, 5.74) is 11.1. The van der Waals surface area contributed by atoms with Crippen LogP contribution in [0.5, 0.6) is 0 Å². The Hall–Kier alpha value is -7.36. The van der Waals surface area contributed by atoms with E-state index < -0.39 is 0 Å². The lowest BCUT2D eigenvalue weighted by Crippen LogP contribution is -1.98. The third kappa shape index (κ3) is 5.28. The van der Waals surface area contributed by atoms with Gasteiger partial charge in [-0.25, -0.2) is 9.97 Å². The first kappa shape index (κ1) is 31.2. The lowest BCUT2D eigenvalue weighted by Gasteiger charge is -2.16. The van der Waals surface area contributed by atoms with E-state index >= 15 is 0 Å². The molecule has 0 aliphatic rings. The van der Waals surface area contributed by atoms with Crippen LogP contribution < -0.4 is 0 Å². The van der Waals surface area contributed by atoms with E-state index in [-0.39, 0.29) is 0 Å². The lowest BCUT2D eigenvalue weighted by atomic mass is 9.92. The molecule has 9 aromatic carbocycles. The first-order valence-corrected chi connectivity index (χ1v) is 18.6. The fraction of sp³-hybridized carbons (Fsp3) is 0. The zero-order valence-electron chi connectivity index (χ0n) is 29.8. The summed E-state index contributed by atoms with van der Waals surface area (Å²) in [6.45, 7) is 0. The summed E-state index contributed by atoms with van der Waals surface area (Å²) in [6.07, 6.45) is 0. The predicted molar refractivity (Wildman–Crippen MR) is 229 cm³/mol. The molecule has 55 heavy (non-hydrogen) atoms. The molecule has 0 N–H and O–H groups in total. The van der Waals surface area contributed by atoms with Gasteiger partial charge >= 0.3 is 0 Å². The first-order chi connectivity index (χ1) is 27.2. The van der Waals surface area contributed by atoms with Crippen LogP contribution in [0.15, 0.2) is 199 Å². The SMILES string of the molecule is c1ccc(-c2ccccc2-c2cc(-c3ccc(-c4ccc5c(c4)oc4ccccc45)cc3)nc(-c3c4ccccc4cc4c3ccc3ccccc34)n2)cc1. The van der Waals surface area contributed by atoms with Crippen molar-refractivity contribution in [3.05, 3.63) is 194 Å². The second-order valence-electron chi connectivity index (χ2n) is 14.1. The number of fused-ring (bicyclic) bond motifs is 7. The zero-order valence-corrected chi connectivity index (χ0v) is 29.8. The van der Waals surface area contributed by atoms with E-state index in [9.17, 15) is 0 Å². The molecule has 2 heterocycles. The highest BCUT2D eigenvalue weighted by Crippen LogP contribution is 2.41. The number of rotatable bonds is 5. The lowest BCUT2D eigenvalue weighted by molar-refractivity contribution is 0.669. The molecule has 2 aromatic heterocycles. The number of para-hydroxylation sites is 1. The van der Waals surface area contributed by atoms with Crippen LogP contribution in [-0.2, 0) is 0 Å². The molecule has 0 saturated carbocycles. The highest BCUT2D eigenvalue weighted by atomic mass is 16.3. The normalized spacial score (nSPS) is 11.6. The summed E-state index contributed by atoms with van der Waals surface area (Å²) in [4.78, 5) is 10.9. The highest BCUT2D eigenvalue weighted by Gasteiger charge is 2.19. The molecule has 0 saturated heterocycles. The average Bonchev–Trinajstić information content (AvgIpc) is 3.64. The summed E-state index contributed by atoms with van der Waals surface area (Å²) in [5.74, 6) is 0.701. The maximum atomic E-state index is 6.23. The molecule has 0 fully saturated rings. The van der Waals surface area contributed by atoms with Gasteiger partial charge < -0.3 is 4.42 Å². The van der Waals surface area contributed by atoms with Gasteiger partial charge in [0.1, 0.15) is 11.2 Å². The number of hydrogen-bond donors (Lipinski definition) is 0. The minimum absolute atomic E-state index is 0.701. The molecule has 11 aromatic rings. The number of aromatic nitrogens is 2. The molecular weight excluding hydrogens is 669 g/mol. The minimum Gasteiger partial charge on any atom is -0.456 e. The van der Waals surface area contributed by atoms with E-state index in [1.165, 1.54) is 16.2 Å². The summed E-state index contributed by atoms with van der Waals surface area (Å²) in [7, 11) is 0. The smallest absolute Gasteiger partial charge is 0.161 e. The first-order valence-electron chi connectivity index (χ1n) is 18.6. The van der Waals surface area contributed by atoms with Crippen LogP contribution in [0, 0.1) is 0 Å². The van der Waals surface area contributed by atoms with Crippen molar-refractivity contribution in [1.82, 2.24) is 9.97 Å². The fourth-order valence-corrected chi connectivity index (χ4v) is 8.22. The van der Waals surface area contributed by atoms with E-state index in [1.807, 2.05) is 12.1 Å². The number of furan rings is 1. The Balaban J connectivity index is 1.12. The van der Waals surface area contributed by atoms with Crippen molar-refractivity contribution >= 4 is 54.3 Å². The Morgan fingerprint density at radius 1 is 0.309 bits per heavy atom. The van der Waals surface area contributed by atoms with Gasteiger partial charge in [-0.2, -0.15) is 0 Å². The highest BCUT2D eigenvalue weighted by molar-refractivity contribution is 6.19. The maximum Gasteiger partial charge on any atom is 0.161 e. The van der Waals surface area contributed by atoms with Crippen molar-refractivity contribution in [3.8, 4) is 56.2 Å². The quantitative estimate of drug-likeness (QED) is 0.133. The van der Waals surface area contributed by atoms with Gasteiger partial charge in [0.2, 0.25) is 0 Å². The Morgan fingerprint density at radius 3 is 1.78 bits per heavy atom. The molecule has 0 aliphatic carbocycles. The number of hydrogen-bond acceptors (Lipinski definition) is 3. The van der Waals surface area contributed by atoms with Crippen molar-refractivity contribution in [2.24, 2.45) is 0 Å². The van der Waals surface area contributed by atoms with Gasteiger partial charge in [0.05, 0.1) is 11.4 Å². The molecular formula is C52H32N2O. The van der Waals surface area contributed by atoms with Crippen molar-refractivity contribution in [2.45, 2.75) is 0 Å². The number of benzene rings is 9. The summed E-state index contributed by atoms with van der Waals surface area (Å²) < 4.78 is 6.23. The maximum absolute atomic E-state index is 6.23.